The van der Waals surface area contributed by atoms with Crippen LogP contribution in [0.15, 0.2) is 0 Å². The summed E-state index contributed by atoms with van der Waals surface area (Å²) in [5, 5.41) is 0. The molecule has 0 nitrogen and oxygen atoms in total. The minimum atomic E-state index is 0.438. The smallest absolute Gasteiger partial charge is 0.195 e. The Balaban J connectivity index is 1.49. The van der Waals surface area contributed by atoms with Gasteiger partial charge in [0.25, 0.3) is 6.13 Å². The summed E-state index contributed by atoms with van der Waals surface area (Å²) < 4.78 is 0. The molecule has 6 fully saturated rings. The maximum Gasteiger partial charge on any atom is 0.257 e. The van der Waals surface area contributed by atoms with Gasteiger partial charge in [0.1, 0.15) is 0 Å². The maximum atomic E-state index is 7.19. The number of rotatable bonds is 2. The first-order valence-electron chi connectivity index (χ1n) is 9.79. The summed E-state index contributed by atoms with van der Waals surface area (Å²) in [5.74, 6) is 7.00. The van der Waals surface area contributed by atoms with Crippen LogP contribution in [0.25, 0.3) is 0 Å². The minimum absolute atomic E-state index is 0.438. The van der Waals surface area contributed by atoms with Crippen molar-refractivity contribution in [2.45, 2.75) is 78.9 Å². The van der Waals surface area contributed by atoms with Crippen molar-refractivity contribution in [1.82, 2.24) is 0 Å². The lowest BCUT2D eigenvalue weighted by Crippen LogP contribution is -2.58. The standard InChI is InChI=1S/C20H34BCl/c1-11-15-7-13(19(15,3)4)9-17(11)21(22)18-10-14-8-16(12(18)2)20(14,5)6/h11-18H,7-10H2,1-6H3/t11?,12?,13-,14-,15+,16+,17+,18?/m0/s1. The lowest BCUT2D eigenvalue weighted by molar-refractivity contribution is -0.106. The average molecular weight is 321 g/mol. The molecule has 6 aliphatic carbocycles. The van der Waals surface area contributed by atoms with Gasteiger partial charge in [0, 0.05) is 0 Å². The summed E-state index contributed by atoms with van der Waals surface area (Å²) in [4.78, 5) is 0. The zero-order valence-electron chi connectivity index (χ0n) is 15.4. The van der Waals surface area contributed by atoms with Gasteiger partial charge in [-0.1, -0.05) is 54.4 Å². The highest BCUT2D eigenvalue weighted by molar-refractivity contribution is 7.08. The molecule has 4 bridgehead atoms. The van der Waals surface area contributed by atoms with E-state index in [1.54, 1.807) is 0 Å². The second kappa shape index (κ2) is 4.71. The van der Waals surface area contributed by atoms with Gasteiger partial charge in [-0.3, -0.25) is 0 Å². The highest BCUT2D eigenvalue weighted by atomic mass is 35.5. The predicted octanol–water partition coefficient (Wildman–Crippen LogP) is 6.36. The van der Waals surface area contributed by atoms with Crippen LogP contribution in [0.5, 0.6) is 0 Å². The number of fused-ring (bicyclic) bond motifs is 4. The largest absolute Gasteiger partial charge is 0.257 e. The molecular weight excluding hydrogens is 286 g/mol. The van der Waals surface area contributed by atoms with E-state index >= 15 is 0 Å². The fraction of sp³-hybridized carbons (Fsp3) is 1.00. The Morgan fingerprint density at radius 2 is 1.09 bits per heavy atom. The van der Waals surface area contributed by atoms with Crippen LogP contribution in [-0.2, 0) is 0 Å². The van der Waals surface area contributed by atoms with Crippen molar-refractivity contribution < 1.29 is 0 Å². The van der Waals surface area contributed by atoms with Gasteiger partial charge in [0.05, 0.1) is 0 Å². The Labute approximate surface area is 143 Å². The molecule has 22 heavy (non-hydrogen) atoms. The molecule has 0 spiro atoms. The first kappa shape index (κ1) is 15.9. The zero-order valence-corrected chi connectivity index (χ0v) is 16.2. The van der Waals surface area contributed by atoms with Gasteiger partial charge in [-0.05, 0) is 70.8 Å². The Kier molecular flexibility index (Phi) is 3.39. The molecule has 0 radical (unpaired) electrons. The SMILES string of the molecule is CC1C(B(Cl)[C@@H]2C[C@@H]3C[C@H](C2C)C3(C)C)C[C@@H]2C[C@H]1C2(C)C. The summed E-state index contributed by atoms with van der Waals surface area (Å²) >= 11 is 7.19. The van der Waals surface area contributed by atoms with E-state index in [0.29, 0.717) is 17.0 Å². The Morgan fingerprint density at radius 1 is 0.727 bits per heavy atom. The third kappa shape index (κ3) is 1.84. The van der Waals surface area contributed by atoms with Crippen LogP contribution in [0.1, 0.15) is 67.2 Å². The van der Waals surface area contributed by atoms with Crippen molar-refractivity contribution in [3.8, 4) is 0 Å². The van der Waals surface area contributed by atoms with Crippen molar-refractivity contribution in [2.75, 3.05) is 0 Å². The van der Waals surface area contributed by atoms with E-state index < -0.39 is 0 Å². The molecule has 124 valence electrons. The first-order valence-corrected chi connectivity index (χ1v) is 10.2. The molecule has 0 aromatic carbocycles. The van der Waals surface area contributed by atoms with Gasteiger partial charge in [-0.25, -0.2) is 0 Å². The van der Waals surface area contributed by atoms with Crippen LogP contribution in [0, 0.1) is 46.3 Å². The van der Waals surface area contributed by atoms with Crippen molar-refractivity contribution in [1.29, 1.82) is 0 Å². The second-order valence-corrected chi connectivity index (χ2v) is 11.2. The molecule has 0 saturated heterocycles. The topological polar surface area (TPSA) is 0 Å². The molecule has 2 heteroatoms. The monoisotopic (exact) mass is 320 g/mol. The first-order chi connectivity index (χ1) is 10.2. The average Bonchev–Trinajstić information content (AvgIpc) is 2.45. The van der Waals surface area contributed by atoms with Crippen molar-refractivity contribution in [3.63, 3.8) is 0 Å². The molecule has 6 saturated carbocycles. The van der Waals surface area contributed by atoms with Crippen LogP contribution in [-0.4, -0.2) is 6.13 Å². The van der Waals surface area contributed by atoms with Crippen LogP contribution in [0.4, 0.5) is 0 Å². The van der Waals surface area contributed by atoms with E-state index in [4.69, 9.17) is 11.5 Å². The van der Waals surface area contributed by atoms with Crippen molar-refractivity contribution in [2.24, 2.45) is 46.3 Å². The normalized spacial score (nSPS) is 54.1. The van der Waals surface area contributed by atoms with Crippen LogP contribution in [0.2, 0.25) is 11.6 Å². The highest BCUT2D eigenvalue weighted by Crippen LogP contribution is 2.69. The summed E-state index contributed by atoms with van der Waals surface area (Å²) in [6.45, 7) is 15.0. The number of halogens is 1. The summed E-state index contributed by atoms with van der Waals surface area (Å²) in [5.41, 5.74) is 1.18. The van der Waals surface area contributed by atoms with Crippen molar-refractivity contribution in [3.05, 3.63) is 0 Å². The molecule has 0 amide bonds. The third-order valence-corrected chi connectivity index (χ3v) is 10.3. The Hall–Kier alpha value is 0.355. The summed E-state index contributed by atoms with van der Waals surface area (Å²) in [6.07, 6.45) is 6.20. The highest BCUT2D eigenvalue weighted by Gasteiger charge is 2.62. The molecule has 6 aliphatic rings. The summed E-state index contributed by atoms with van der Waals surface area (Å²) in [6, 6.07) is 0. The zero-order chi connectivity index (χ0) is 16.0. The molecule has 3 unspecified atom stereocenters. The number of hydrogen-bond donors (Lipinski definition) is 0. The van der Waals surface area contributed by atoms with Crippen LogP contribution < -0.4 is 0 Å². The van der Waals surface area contributed by atoms with Gasteiger partial charge in [-0.15, -0.1) is 0 Å². The summed E-state index contributed by atoms with van der Waals surface area (Å²) in [7, 11) is 0. The van der Waals surface area contributed by atoms with Gasteiger partial charge < -0.3 is 0 Å². The van der Waals surface area contributed by atoms with Crippen LogP contribution >= 0.6 is 11.5 Å². The number of hydrogen-bond acceptors (Lipinski definition) is 0. The molecule has 0 aliphatic heterocycles. The molecule has 0 N–H and O–H groups in total. The predicted molar refractivity (Wildman–Crippen MR) is 97.4 cm³/mol. The van der Waals surface area contributed by atoms with E-state index in [2.05, 4.69) is 41.5 Å². The molecule has 0 aromatic heterocycles. The van der Waals surface area contributed by atoms with E-state index in [9.17, 15) is 0 Å². The van der Waals surface area contributed by atoms with E-state index in [1.165, 1.54) is 25.7 Å². The lowest BCUT2D eigenvalue weighted by Gasteiger charge is -2.65. The van der Waals surface area contributed by atoms with Gasteiger partial charge in [-0.2, -0.15) is 11.5 Å². The van der Waals surface area contributed by atoms with Gasteiger partial charge in [0.15, 0.2) is 0 Å². The van der Waals surface area contributed by atoms with Gasteiger partial charge in [0.2, 0.25) is 0 Å². The quantitative estimate of drug-likeness (QED) is 0.519. The maximum absolute atomic E-state index is 7.19. The van der Waals surface area contributed by atoms with Crippen LogP contribution in [0.3, 0.4) is 0 Å². The minimum Gasteiger partial charge on any atom is -0.195 e. The van der Waals surface area contributed by atoms with Gasteiger partial charge >= 0.3 is 0 Å². The molecule has 0 heterocycles. The second-order valence-electron chi connectivity index (χ2n) is 10.7. The van der Waals surface area contributed by atoms with E-state index in [-0.39, 0.29) is 0 Å². The van der Waals surface area contributed by atoms with E-state index in [0.717, 1.165) is 47.1 Å². The molecule has 8 atom stereocenters. The fourth-order valence-electron chi connectivity index (χ4n) is 7.54. The lowest BCUT2D eigenvalue weighted by atomic mass is 9.30. The molecular formula is C20H34BCl. The molecule has 0 aromatic rings. The van der Waals surface area contributed by atoms with E-state index in [1.807, 2.05) is 0 Å². The fourth-order valence-corrected chi connectivity index (χ4v) is 8.20. The molecule has 6 rings (SSSR count). The van der Waals surface area contributed by atoms with Crippen molar-refractivity contribution >= 4 is 17.6 Å². The Morgan fingerprint density at radius 3 is 1.36 bits per heavy atom. The Bertz CT molecular complexity index is 428. The third-order valence-electron chi connectivity index (χ3n) is 9.64.